The molecule has 4 nitrogen and oxygen atoms in total. The predicted octanol–water partition coefficient (Wildman–Crippen LogP) is 5.35. The van der Waals surface area contributed by atoms with Crippen LogP contribution in [0.3, 0.4) is 0 Å². The van der Waals surface area contributed by atoms with E-state index in [-0.39, 0.29) is 5.56 Å². The van der Waals surface area contributed by atoms with Crippen molar-refractivity contribution in [2.24, 2.45) is 0 Å². The number of carboxylic acid groups (broad SMARTS) is 1. The molecule has 0 aromatic heterocycles. The fraction of sp³-hybridized carbons (Fsp3) is 0.304. The van der Waals surface area contributed by atoms with Crippen LogP contribution in [0.25, 0.3) is 6.08 Å². The molecule has 4 heteroatoms. The van der Waals surface area contributed by atoms with E-state index in [0.29, 0.717) is 34.4 Å². The van der Waals surface area contributed by atoms with Gasteiger partial charge < -0.3 is 9.84 Å². The third-order valence-electron chi connectivity index (χ3n) is 5.28. The number of benzene rings is 2. The highest BCUT2D eigenvalue weighted by atomic mass is 16.5. The summed E-state index contributed by atoms with van der Waals surface area (Å²) in [5.74, 6) is -0.940. The number of hydrogen-bond acceptors (Lipinski definition) is 3. The SMILES string of the molecule is C=Cc1ccc(C)c(C(=O)Oc2c(C)c(C)c(C(=O)O)c(C)c2CC)c1C. The Hall–Kier alpha value is -2.88. The van der Waals surface area contributed by atoms with Crippen LogP contribution in [0.4, 0.5) is 0 Å². The smallest absolute Gasteiger partial charge is 0.344 e. The van der Waals surface area contributed by atoms with E-state index in [1.807, 2.05) is 32.9 Å². The highest BCUT2D eigenvalue weighted by molar-refractivity contribution is 5.96. The molecular formula is C23H26O4. The summed E-state index contributed by atoms with van der Waals surface area (Å²) in [5.41, 5.74) is 6.02. The second-order valence-corrected chi connectivity index (χ2v) is 6.78. The van der Waals surface area contributed by atoms with Gasteiger partial charge >= 0.3 is 11.9 Å². The van der Waals surface area contributed by atoms with Gasteiger partial charge in [-0.05, 0) is 80.0 Å². The average molecular weight is 366 g/mol. The normalized spacial score (nSPS) is 10.6. The molecule has 0 bridgehead atoms. The van der Waals surface area contributed by atoms with E-state index < -0.39 is 11.9 Å². The minimum absolute atomic E-state index is 0.283. The fourth-order valence-electron chi connectivity index (χ4n) is 3.61. The molecule has 0 spiro atoms. The Morgan fingerprint density at radius 3 is 2.15 bits per heavy atom. The Kier molecular flexibility index (Phi) is 5.89. The number of carbonyl (C=O) groups is 2. The van der Waals surface area contributed by atoms with Gasteiger partial charge in [0.15, 0.2) is 0 Å². The first-order chi connectivity index (χ1) is 12.6. The summed E-state index contributed by atoms with van der Waals surface area (Å²) in [7, 11) is 0. The molecule has 0 heterocycles. The van der Waals surface area contributed by atoms with Crippen LogP contribution in [0.1, 0.15) is 66.6 Å². The monoisotopic (exact) mass is 366 g/mol. The first-order valence-electron chi connectivity index (χ1n) is 8.96. The lowest BCUT2D eigenvalue weighted by molar-refractivity contribution is 0.0694. The number of hydrogen-bond donors (Lipinski definition) is 1. The molecule has 2 aromatic carbocycles. The summed E-state index contributed by atoms with van der Waals surface area (Å²) < 4.78 is 5.84. The molecule has 2 rings (SSSR count). The van der Waals surface area contributed by atoms with Gasteiger partial charge in [-0.3, -0.25) is 0 Å². The lowest BCUT2D eigenvalue weighted by Gasteiger charge is -2.20. The molecular weight excluding hydrogens is 340 g/mol. The number of aryl methyl sites for hydroxylation is 1. The van der Waals surface area contributed by atoms with Crippen LogP contribution in [0.2, 0.25) is 0 Å². The molecule has 1 N–H and O–H groups in total. The Labute approximate surface area is 160 Å². The Balaban J connectivity index is 2.64. The molecule has 0 aliphatic carbocycles. The molecule has 0 unspecified atom stereocenters. The highest BCUT2D eigenvalue weighted by Crippen LogP contribution is 2.35. The molecule has 27 heavy (non-hydrogen) atoms. The molecule has 0 aliphatic rings. The maximum atomic E-state index is 13.0. The molecule has 0 aliphatic heterocycles. The molecule has 0 fully saturated rings. The number of ether oxygens (including phenoxy) is 1. The van der Waals surface area contributed by atoms with Crippen molar-refractivity contribution >= 4 is 18.0 Å². The zero-order valence-electron chi connectivity index (χ0n) is 16.8. The minimum Gasteiger partial charge on any atom is -0.478 e. The number of aromatic carboxylic acids is 1. The van der Waals surface area contributed by atoms with E-state index in [1.54, 1.807) is 26.8 Å². The van der Waals surface area contributed by atoms with E-state index in [0.717, 1.165) is 22.3 Å². The van der Waals surface area contributed by atoms with Gasteiger partial charge in [0.05, 0.1) is 11.1 Å². The summed E-state index contributed by atoms with van der Waals surface area (Å²) in [6, 6.07) is 3.80. The molecule has 2 aromatic rings. The number of carbonyl (C=O) groups excluding carboxylic acids is 1. The van der Waals surface area contributed by atoms with Gasteiger partial charge in [-0.1, -0.05) is 31.7 Å². The van der Waals surface area contributed by atoms with E-state index in [2.05, 4.69) is 6.58 Å². The van der Waals surface area contributed by atoms with Crippen LogP contribution in [-0.2, 0) is 6.42 Å². The molecule has 0 radical (unpaired) electrons. The van der Waals surface area contributed by atoms with Gasteiger partial charge in [-0.15, -0.1) is 0 Å². The van der Waals surface area contributed by atoms with E-state index in [9.17, 15) is 14.7 Å². The quantitative estimate of drug-likeness (QED) is 0.572. The van der Waals surface area contributed by atoms with Gasteiger partial charge in [-0.25, -0.2) is 9.59 Å². The summed E-state index contributed by atoms with van der Waals surface area (Å²) in [6.07, 6.45) is 2.28. The average Bonchev–Trinajstić information content (AvgIpc) is 2.59. The second-order valence-electron chi connectivity index (χ2n) is 6.78. The van der Waals surface area contributed by atoms with Crippen LogP contribution < -0.4 is 4.74 Å². The predicted molar refractivity (Wildman–Crippen MR) is 108 cm³/mol. The van der Waals surface area contributed by atoms with Crippen LogP contribution in [-0.4, -0.2) is 17.0 Å². The topological polar surface area (TPSA) is 63.6 Å². The van der Waals surface area contributed by atoms with Gasteiger partial charge in [-0.2, -0.15) is 0 Å². The van der Waals surface area contributed by atoms with Crippen LogP contribution in [0.5, 0.6) is 5.75 Å². The first-order valence-corrected chi connectivity index (χ1v) is 8.96. The van der Waals surface area contributed by atoms with Crippen molar-refractivity contribution < 1.29 is 19.4 Å². The van der Waals surface area contributed by atoms with Crippen molar-refractivity contribution in [3.63, 3.8) is 0 Å². The summed E-state index contributed by atoms with van der Waals surface area (Å²) in [5, 5.41) is 9.55. The Morgan fingerprint density at radius 2 is 1.63 bits per heavy atom. The highest BCUT2D eigenvalue weighted by Gasteiger charge is 2.24. The van der Waals surface area contributed by atoms with Crippen molar-refractivity contribution in [2.45, 2.75) is 48.0 Å². The number of esters is 1. The van der Waals surface area contributed by atoms with Crippen molar-refractivity contribution in [3.05, 3.63) is 68.8 Å². The molecule has 0 saturated heterocycles. The zero-order valence-corrected chi connectivity index (χ0v) is 16.8. The minimum atomic E-state index is -0.967. The third-order valence-corrected chi connectivity index (χ3v) is 5.28. The van der Waals surface area contributed by atoms with Crippen molar-refractivity contribution in [3.8, 4) is 5.75 Å². The van der Waals surface area contributed by atoms with Crippen LogP contribution >= 0.6 is 0 Å². The standard InChI is InChI=1S/C23H26O4/c1-8-17-11-10-12(3)19(15(17)6)23(26)27-21-14(5)13(4)20(22(24)25)16(7)18(21)9-2/h8,10-11H,1,9H2,2-7H3,(H,24,25). The lowest BCUT2D eigenvalue weighted by Crippen LogP contribution is -2.17. The van der Waals surface area contributed by atoms with Gasteiger partial charge in [0, 0.05) is 0 Å². The molecule has 0 saturated carbocycles. The molecule has 142 valence electrons. The summed E-state index contributed by atoms with van der Waals surface area (Å²) >= 11 is 0. The van der Waals surface area contributed by atoms with Crippen molar-refractivity contribution in [1.82, 2.24) is 0 Å². The largest absolute Gasteiger partial charge is 0.478 e. The molecule has 0 amide bonds. The van der Waals surface area contributed by atoms with Gasteiger partial charge in [0.25, 0.3) is 0 Å². The third kappa shape index (κ3) is 3.52. The van der Waals surface area contributed by atoms with Crippen molar-refractivity contribution in [1.29, 1.82) is 0 Å². The number of rotatable bonds is 5. The second kappa shape index (κ2) is 7.78. The maximum Gasteiger partial charge on any atom is 0.344 e. The number of carboxylic acids is 1. The Bertz CT molecular complexity index is 952. The van der Waals surface area contributed by atoms with E-state index >= 15 is 0 Å². The fourth-order valence-corrected chi connectivity index (χ4v) is 3.61. The van der Waals surface area contributed by atoms with Crippen LogP contribution in [0.15, 0.2) is 18.7 Å². The summed E-state index contributed by atoms with van der Waals surface area (Å²) in [4.78, 5) is 24.7. The van der Waals surface area contributed by atoms with Crippen molar-refractivity contribution in [2.75, 3.05) is 0 Å². The summed E-state index contributed by atoms with van der Waals surface area (Å²) in [6.45, 7) is 14.8. The zero-order chi connectivity index (χ0) is 20.5. The lowest BCUT2D eigenvalue weighted by atomic mass is 9.91. The van der Waals surface area contributed by atoms with Gasteiger partial charge in [0.2, 0.25) is 0 Å². The van der Waals surface area contributed by atoms with E-state index in [4.69, 9.17) is 4.74 Å². The van der Waals surface area contributed by atoms with E-state index in [1.165, 1.54) is 0 Å². The first kappa shape index (κ1) is 20.4. The van der Waals surface area contributed by atoms with Gasteiger partial charge in [0.1, 0.15) is 5.75 Å². The van der Waals surface area contributed by atoms with Crippen LogP contribution in [0, 0.1) is 34.6 Å². The maximum absolute atomic E-state index is 13.0. The molecule has 0 atom stereocenters. The Morgan fingerprint density at radius 1 is 1.00 bits per heavy atom.